The van der Waals surface area contributed by atoms with Gasteiger partial charge in [-0.25, -0.2) is 0 Å². The second-order valence-corrected chi connectivity index (χ2v) is 5.21. The second kappa shape index (κ2) is 22.8. The summed E-state index contributed by atoms with van der Waals surface area (Å²) in [6.45, 7) is 30.7. The van der Waals surface area contributed by atoms with Gasteiger partial charge in [0.2, 0.25) is 0 Å². The molecule has 0 nitrogen and oxygen atoms in total. The van der Waals surface area contributed by atoms with Crippen molar-refractivity contribution in [3.8, 4) is 0 Å². The molecular weight excluding hydrogens is 240 g/mol. The first-order chi connectivity index (χ1) is 9.08. The van der Waals surface area contributed by atoms with Crippen LogP contribution in [0.15, 0.2) is 61.3 Å². The lowest BCUT2D eigenvalue weighted by Crippen LogP contribution is -1.71. The first-order valence-electron chi connectivity index (χ1n) is 7.23. The third-order valence-electron chi connectivity index (χ3n) is 2.00. The normalized spacial score (nSPS) is 7.45. The van der Waals surface area contributed by atoms with E-state index in [1.165, 1.54) is 11.1 Å². The smallest absolute Gasteiger partial charge is 0 e. The second-order valence-electron chi connectivity index (χ2n) is 5.21. The standard InChI is InChI=1S/3C5H10.C5H8.H2/c4*1-4-5(2)3;/h4H,1-3H3;2,4H2,1,3H3;4-5H,1H2,2-3H3;4H,1-2H2,3H3;1H. The highest BCUT2D eigenvalue weighted by atomic mass is 13.8. The Balaban J connectivity index is -0.0000000533. The lowest BCUT2D eigenvalue weighted by molar-refractivity contribution is 0.835. The Bertz CT molecular complexity index is 276. The highest BCUT2D eigenvalue weighted by Crippen LogP contribution is 1.89. The summed E-state index contributed by atoms with van der Waals surface area (Å²) in [6.07, 6.45) is 6.83. The molecule has 0 bridgehead atoms. The average molecular weight is 281 g/mol. The van der Waals surface area contributed by atoms with Crippen LogP contribution in [0.5, 0.6) is 0 Å². The van der Waals surface area contributed by atoms with E-state index in [9.17, 15) is 0 Å². The van der Waals surface area contributed by atoms with Gasteiger partial charge in [-0.2, -0.15) is 0 Å². The molecule has 0 amide bonds. The highest BCUT2D eigenvalue weighted by Gasteiger charge is 1.73. The Hall–Kier alpha value is -1.30. The van der Waals surface area contributed by atoms with Crippen molar-refractivity contribution >= 4 is 0 Å². The van der Waals surface area contributed by atoms with E-state index >= 15 is 0 Å². The van der Waals surface area contributed by atoms with E-state index in [0.29, 0.717) is 5.92 Å². The summed E-state index contributed by atoms with van der Waals surface area (Å²) < 4.78 is 0. The molecule has 0 spiro atoms. The Morgan fingerprint density at radius 1 is 1.05 bits per heavy atom. The number of rotatable bonds is 3. The van der Waals surface area contributed by atoms with Gasteiger partial charge < -0.3 is 0 Å². The average Bonchev–Trinajstić information content (AvgIpc) is 2.40. The molecule has 0 aromatic carbocycles. The fraction of sp³-hybridized carbons (Fsp3) is 0.500. The quantitative estimate of drug-likeness (QED) is 0.366. The van der Waals surface area contributed by atoms with Crippen LogP contribution >= 0.6 is 0 Å². The molecule has 0 rings (SSSR count). The fourth-order valence-corrected chi connectivity index (χ4v) is 0. The van der Waals surface area contributed by atoms with Crippen molar-refractivity contribution in [3.05, 3.63) is 61.3 Å². The topological polar surface area (TPSA) is 0 Å². The molecule has 0 aromatic heterocycles. The Kier molecular flexibility index (Phi) is 31.0. The van der Waals surface area contributed by atoms with Gasteiger partial charge in [0.15, 0.2) is 0 Å². The van der Waals surface area contributed by atoms with Crippen molar-refractivity contribution in [2.75, 3.05) is 0 Å². The van der Waals surface area contributed by atoms with Gasteiger partial charge >= 0.3 is 0 Å². The van der Waals surface area contributed by atoms with Gasteiger partial charge in [-0.1, -0.05) is 68.9 Å². The van der Waals surface area contributed by atoms with Crippen LogP contribution in [-0.2, 0) is 0 Å². The molecule has 0 fully saturated rings. The van der Waals surface area contributed by atoms with Gasteiger partial charge in [-0.3, -0.25) is 0 Å². The maximum Gasteiger partial charge on any atom is 0 e. The molecule has 0 aliphatic heterocycles. The zero-order valence-corrected chi connectivity index (χ0v) is 15.3. The van der Waals surface area contributed by atoms with Crippen LogP contribution in [0.3, 0.4) is 0 Å². The summed E-state index contributed by atoms with van der Waals surface area (Å²) >= 11 is 0. The molecule has 0 saturated heterocycles. The van der Waals surface area contributed by atoms with Gasteiger partial charge in [0.25, 0.3) is 0 Å². The molecule has 20 heavy (non-hydrogen) atoms. The SMILES string of the molecule is C=C(C)CC.C=CC(=C)C.C=CC(C)C.CC=C(C)C.[HH]. The molecule has 0 atom stereocenters. The lowest BCUT2D eigenvalue weighted by atomic mass is 10.2. The minimum atomic E-state index is 0. The Morgan fingerprint density at radius 2 is 1.25 bits per heavy atom. The summed E-state index contributed by atoms with van der Waals surface area (Å²) in [5.74, 6) is 0.648. The molecule has 0 aliphatic carbocycles. The third-order valence-corrected chi connectivity index (χ3v) is 2.00. The molecule has 0 radical (unpaired) electrons. The maximum atomic E-state index is 3.67. The van der Waals surface area contributed by atoms with Gasteiger partial charge in [0.1, 0.15) is 0 Å². The summed E-state index contributed by atoms with van der Waals surface area (Å²) in [4.78, 5) is 0. The van der Waals surface area contributed by atoms with E-state index in [4.69, 9.17) is 0 Å². The van der Waals surface area contributed by atoms with Crippen LogP contribution in [0.25, 0.3) is 0 Å². The Morgan fingerprint density at radius 3 is 1.25 bits per heavy atom. The molecule has 0 saturated carbocycles. The van der Waals surface area contributed by atoms with Gasteiger partial charge in [0.05, 0.1) is 0 Å². The van der Waals surface area contributed by atoms with E-state index in [-0.39, 0.29) is 1.43 Å². The molecule has 0 aliphatic rings. The first-order valence-corrected chi connectivity index (χ1v) is 7.23. The minimum absolute atomic E-state index is 0. The largest absolute Gasteiger partial charge is 0.103 e. The maximum absolute atomic E-state index is 3.67. The van der Waals surface area contributed by atoms with Gasteiger partial charge in [-0.05, 0) is 47.0 Å². The number of hydrogen-bond acceptors (Lipinski definition) is 0. The van der Waals surface area contributed by atoms with E-state index < -0.39 is 0 Å². The molecular formula is C20H40. The van der Waals surface area contributed by atoms with E-state index in [2.05, 4.69) is 67.0 Å². The zero-order valence-electron chi connectivity index (χ0n) is 15.3. The number of allylic oxidation sites excluding steroid dienone is 6. The van der Waals surface area contributed by atoms with Crippen molar-refractivity contribution in [2.45, 2.75) is 61.8 Å². The predicted molar refractivity (Wildman–Crippen MR) is 102 cm³/mol. The molecule has 0 aromatic rings. The highest BCUT2D eigenvalue weighted by molar-refractivity contribution is 5.05. The van der Waals surface area contributed by atoms with Crippen LogP contribution in [0.4, 0.5) is 0 Å². The van der Waals surface area contributed by atoms with Gasteiger partial charge in [0, 0.05) is 1.43 Å². The molecule has 0 heteroatoms. The number of hydrogen-bond donors (Lipinski definition) is 0. The van der Waals surface area contributed by atoms with Crippen molar-refractivity contribution in [2.24, 2.45) is 5.92 Å². The first kappa shape index (κ1) is 27.1. The monoisotopic (exact) mass is 280 g/mol. The predicted octanol–water partition coefficient (Wildman–Crippen LogP) is 7.77. The Labute approximate surface area is 131 Å². The van der Waals surface area contributed by atoms with Crippen LogP contribution in [-0.4, -0.2) is 0 Å². The lowest BCUT2D eigenvalue weighted by Gasteiger charge is -1.84. The van der Waals surface area contributed by atoms with E-state index in [0.717, 1.165) is 12.0 Å². The summed E-state index contributed by atoms with van der Waals surface area (Å²) in [6, 6.07) is 0. The van der Waals surface area contributed by atoms with Crippen LogP contribution in [0.1, 0.15) is 63.2 Å². The molecule has 0 heterocycles. The van der Waals surface area contributed by atoms with Crippen molar-refractivity contribution in [1.29, 1.82) is 0 Å². The molecule has 0 N–H and O–H groups in total. The van der Waals surface area contributed by atoms with E-state index in [1.54, 1.807) is 6.08 Å². The summed E-state index contributed by atoms with van der Waals surface area (Å²) in [5, 5.41) is 0. The van der Waals surface area contributed by atoms with Gasteiger partial charge in [-0.15, -0.1) is 13.2 Å². The molecule has 120 valence electrons. The third kappa shape index (κ3) is 91.7. The van der Waals surface area contributed by atoms with Crippen LogP contribution < -0.4 is 0 Å². The van der Waals surface area contributed by atoms with Crippen LogP contribution in [0.2, 0.25) is 0 Å². The van der Waals surface area contributed by atoms with Crippen molar-refractivity contribution < 1.29 is 1.43 Å². The zero-order chi connectivity index (χ0) is 17.1. The minimum Gasteiger partial charge on any atom is -0.103 e. The summed E-state index contributed by atoms with van der Waals surface area (Å²) in [5.41, 5.74) is 3.65. The fourth-order valence-electron chi connectivity index (χ4n) is 0. The van der Waals surface area contributed by atoms with Crippen LogP contribution in [0, 0.1) is 5.92 Å². The summed E-state index contributed by atoms with van der Waals surface area (Å²) in [7, 11) is 0. The molecule has 0 unspecified atom stereocenters. The van der Waals surface area contributed by atoms with E-state index in [1.807, 2.05) is 26.8 Å². The van der Waals surface area contributed by atoms with Crippen molar-refractivity contribution in [1.82, 2.24) is 0 Å². The van der Waals surface area contributed by atoms with Crippen molar-refractivity contribution in [3.63, 3.8) is 0 Å².